The molecule has 0 aliphatic heterocycles. The predicted molar refractivity (Wildman–Crippen MR) is 66.9 cm³/mol. The van der Waals surface area contributed by atoms with Gasteiger partial charge in [0.15, 0.2) is 11.5 Å². The Labute approximate surface area is 104 Å². The Bertz CT molecular complexity index is 660. The summed E-state index contributed by atoms with van der Waals surface area (Å²) in [6.07, 6.45) is 0. The fourth-order valence-electron chi connectivity index (χ4n) is 1.73. The maximum absolute atomic E-state index is 9.48. The van der Waals surface area contributed by atoms with Crippen molar-refractivity contribution < 1.29 is 10.2 Å². The first-order valence-corrected chi connectivity index (χ1v) is 5.22. The van der Waals surface area contributed by atoms with E-state index >= 15 is 0 Å². The van der Waals surface area contributed by atoms with Gasteiger partial charge < -0.3 is 15.9 Å². The Morgan fingerprint density at radius 2 is 1.94 bits per heavy atom. The molecule has 0 bridgehead atoms. The summed E-state index contributed by atoms with van der Waals surface area (Å²) < 4.78 is 0. The van der Waals surface area contributed by atoms with E-state index in [1.807, 2.05) is 6.07 Å². The summed E-state index contributed by atoms with van der Waals surface area (Å²) in [4.78, 5) is 4.01. The van der Waals surface area contributed by atoms with Crippen molar-refractivity contribution in [3.8, 4) is 28.7 Å². The normalized spacial score (nSPS) is 10.0. The van der Waals surface area contributed by atoms with Gasteiger partial charge in [0.2, 0.25) is 0 Å². The standard InChI is InChI=1S/C13H11N3O2/c1-7-4-9(10(6-14)13(15)16-7)8-2-3-11(17)12(18)5-8/h2-5,17-18H,1H3,(H2,15,16). The lowest BCUT2D eigenvalue weighted by atomic mass is 10.00. The van der Waals surface area contributed by atoms with E-state index < -0.39 is 0 Å². The van der Waals surface area contributed by atoms with Crippen molar-refractivity contribution in [2.45, 2.75) is 6.92 Å². The molecule has 0 aliphatic carbocycles. The lowest BCUT2D eigenvalue weighted by molar-refractivity contribution is 0.404. The summed E-state index contributed by atoms with van der Waals surface area (Å²) in [5, 5.41) is 27.9. The van der Waals surface area contributed by atoms with Crippen LogP contribution in [-0.2, 0) is 0 Å². The Morgan fingerprint density at radius 3 is 2.56 bits per heavy atom. The second kappa shape index (κ2) is 4.26. The van der Waals surface area contributed by atoms with Gasteiger partial charge in [0.1, 0.15) is 17.5 Å². The fourth-order valence-corrected chi connectivity index (χ4v) is 1.73. The highest BCUT2D eigenvalue weighted by Gasteiger charge is 2.12. The average molecular weight is 241 g/mol. The van der Waals surface area contributed by atoms with Gasteiger partial charge >= 0.3 is 0 Å². The molecule has 0 aliphatic rings. The van der Waals surface area contributed by atoms with Crippen molar-refractivity contribution in [1.29, 1.82) is 5.26 Å². The van der Waals surface area contributed by atoms with Crippen molar-refractivity contribution in [3.05, 3.63) is 35.5 Å². The van der Waals surface area contributed by atoms with E-state index in [-0.39, 0.29) is 22.9 Å². The zero-order chi connectivity index (χ0) is 13.3. The molecule has 0 fully saturated rings. The van der Waals surface area contributed by atoms with E-state index in [0.717, 1.165) is 0 Å². The van der Waals surface area contributed by atoms with Gasteiger partial charge in [-0.25, -0.2) is 4.98 Å². The number of benzene rings is 1. The third-order valence-corrected chi connectivity index (χ3v) is 2.57. The third kappa shape index (κ3) is 1.92. The number of hydrogen-bond acceptors (Lipinski definition) is 5. The molecule has 5 heteroatoms. The van der Waals surface area contributed by atoms with Crippen LogP contribution in [0.2, 0.25) is 0 Å². The van der Waals surface area contributed by atoms with Gasteiger partial charge in [-0.2, -0.15) is 5.26 Å². The van der Waals surface area contributed by atoms with Crippen LogP contribution in [0, 0.1) is 18.3 Å². The highest BCUT2D eigenvalue weighted by molar-refractivity contribution is 5.77. The second-order valence-corrected chi connectivity index (χ2v) is 3.89. The molecule has 18 heavy (non-hydrogen) atoms. The number of aromatic hydroxyl groups is 2. The molecule has 0 spiro atoms. The van der Waals surface area contributed by atoms with Crippen molar-refractivity contribution in [1.82, 2.24) is 4.98 Å². The Hall–Kier alpha value is -2.74. The van der Waals surface area contributed by atoms with Gasteiger partial charge in [-0.3, -0.25) is 0 Å². The molecule has 90 valence electrons. The van der Waals surface area contributed by atoms with Gasteiger partial charge in [0.25, 0.3) is 0 Å². The molecule has 0 radical (unpaired) electrons. The minimum absolute atomic E-state index is 0.153. The number of nitrogens with zero attached hydrogens (tertiary/aromatic N) is 2. The van der Waals surface area contributed by atoms with Crippen molar-refractivity contribution in [2.24, 2.45) is 0 Å². The molecule has 5 nitrogen and oxygen atoms in total. The Balaban J connectivity index is 2.70. The summed E-state index contributed by atoms with van der Waals surface area (Å²) >= 11 is 0. The predicted octanol–water partition coefficient (Wildman–Crippen LogP) is 1.92. The smallest absolute Gasteiger partial charge is 0.158 e. The van der Waals surface area contributed by atoms with Crippen LogP contribution < -0.4 is 5.73 Å². The molecule has 1 heterocycles. The van der Waals surface area contributed by atoms with E-state index in [9.17, 15) is 10.2 Å². The van der Waals surface area contributed by atoms with Crippen LogP contribution in [0.1, 0.15) is 11.3 Å². The number of aromatic nitrogens is 1. The van der Waals surface area contributed by atoms with Crippen LogP contribution in [0.3, 0.4) is 0 Å². The van der Waals surface area contributed by atoms with Gasteiger partial charge in [0.05, 0.1) is 0 Å². The zero-order valence-corrected chi connectivity index (χ0v) is 9.68. The number of nitrogens with two attached hydrogens (primary N) is 1. The lowest BCUT2D eigenvalue weighted by Gasteiger charge is -2.08. The zero-order valence-electron chi connectivity index (χ0n) is 9.68. The van der Waals surface area contributed by atoms with Crippen LogP contribution in [0.4, 0.5) is 5.82 Å². The largest absolute Gasteiger partial charge is 0.504 e. The Kier molecular flexibility index (Phi) is 2.78. The van der Waals surface area contributed by atoms with Gasteiger partial charge in [0, 0.05) is 11.3 Å². The number of phenolic OH excluding ortho intramolecular Hbond substituents is 2. The number of anilines is 1. The monoisotopic (exact) mass is 241 g/mol. The van der Waals surface area contributed by atoms with E-state index in [0.29, 0.717) is 16.8 Å². The summed E-state index contributed by atoms with van der Waals surface area (Å²) in [6.45, 7) is 1.77. The number of phenols is 2. The van der Waals surface area contributed by atoms with Crippen LogP contribution in [0.15, 0.2) is 24.3 Å². The van der Waals surface area contributed by atoms with Crippen LogP contribution in [0.5, 0.6) is 11.5 Å². The summed E-state index contributed by atoms with van der Waals surface area (Å²) in [5.41, 5.74) is 7.80. The quantitative estimate of drug-likeness (QED) is 0.662. The Morgan fingerprint density at radius 1 is 1.22 bits per heavy atom. The maximum Gasteiger partial charge on any atom is 0.158 e. The fraction of sp³-hybridized carbons (Fsp3) is 0.0769. The first kappa shape index (κ1) is 11.7. The molecule has 1 aromatic carbocycles. The van der Waals surface area contributed by atoms with Crippen molar-refractivity contribution in [3.63, 3.8) is 0 Å². The van der Waals surface area contributed by atoms with Crippen LogP contribution >= 0.6 is 0 Å². The highest BCUT2D eigenvalue weighted by atomic mass is 16.3. The molecule has 2 aromatic rings. The van der Waals surface area contributed by atoms with Crippen molar-refractivity contribution in [2.75, 3.05) is 5.73 Å². The number of nitrogen functional groups attached to an aromatic ring is 1. The molecule has 4 N–H and O–H groups in total. The molecule has 0 amide bonds. The highest BCUT2D eigenvalue weighted by Crippen LogP contribution is 2.33. The van der Waals surface area contributed by atoms with E-state index in [4.69, 9.17) is 11.0 Å². The summed E-state index contributed by atoms with van der Waals surface area (Å²) in [6, 6.07) is 8.04. The second-order valence-electron chi connectivity index (χ2n) is 3.89. The van der Waals surface area contributed by atoms with Crippen molar-refractivity contribution >= 4 is 5.82 Å². The number of rotatable bonds is 1. The van der Waals surface area contributed by atoms with E-state index in [1.165, 1.54) is 12.1 Å². The SMILES string of the molecule is Cc1cc(-c2ccc(O)c(O)c2)c(C#N)c(N)n1. The van der Waals surface area contributed by atoms with Crippen LogP contribution in [-0.4, -0.2) is 15.2 Å². The first-order valence-electron chi connectivity index (χ1n) is 5.22. The van der Waals surface area contributed by atoms with Gasteiger partial charge in [-0.1, -0.05) is 6.07 Å². The topological polar surface area (TPSA) is 103 Å². The third-order valence-electron chi connectivity index (χ3n) is 2.57. The van der Waals surface area contributed by atoms with Gasteiger partial charge in [-0.15, -0.1) is 0 Å². The number of nitriles is 1. The molecular weight excluding hydrogens is 230 g/mol. The molecule has 0 atom stereocenters. The van der Waals surface area contributed by atoms with Gasteiger partial charge in [-0.05, 0) is 30.7 Å². The van der Waals surface area contributed by atoms with Crippen LogP contribution in [0.25, 0.3) is 11.1 Å². The minimum atomic E-state index is -0.246. The lowest BCUT2D eigenvalue weighted by Crippen LogP contribution is -1.99. The van der Waals surface area contributed by atoms with E-state index in [2.05, 4.69) is 4.98 Å². The average Bonchev–Trinajstić information content (AvgIpc) is 2.32. The summed E-state index contributed by atoms with van der Waals surface area (Å²) in [5.74, 6) is -0.305. The molecule has 1 aromatic heterocycles. The molecule has 0 saturated heterocycles. The molecule has 0 saturated carbocycles. The number of aryl methyl sites for hydroxylation is 1. The number of pyridine rings is 1. The first-order chi connectivity index (χ1) is 8.52. The molecule has 2 rings (SSSR count). The molecule has 0 unspecified atom stereocenters. The minimum Gasteiger partial charge on any atom is -0.504 e. The number of hydrogen-bond donors (Lipinski definition) is 3. The maximum atomic E-state index is 9.48. The summed E-state index contributed by atoms with van der Waals surface area (Å²) in [7, 11) is 0. The molecular formula is C13H11N3O2. The van der Waals surface area contributed by atoms with E-state index in [1.54, 1.807) is 19.1 Å².